The van der Waals surface area contributed by atoms with E-state index in [1.54, 1.807) is 12.1 Å². The summed E-state index contributed by atoms with van der Waals surface area (Å²) in [4.78, 5) is 25.4. The van der Waals surface area contributed by atoms with Crippen molar-refractivity contribution in [2.24, 2.45) is 0 Å². The van der Waals surface area contributed by atoms with Crippen LogP contribution < -0.4 is 4.74 Å². The monoisotopic (exact) mass is 472 g/mol. The molecule has 170 valence electrons. The van der Waals surface area contributed by atoms with Crippen LogP contribution in [-0.2, 0) is 17.8 Å². The van der Waals surface area contributed by atoms with Gasteiger partial charge in [-0.15, -0.1) is 0 Å². The smallest absolute Gasteiger partial charge is 0.391 e. The van der Waals surface area contributed by atoms with E-state index in [4.69, 9.17) is 16.3 Å². The highest BCUT2D eigenvalue weighted by Gasteiger charge is 2.65. The van der Waals surface area contributed by atoms with E-state index in [-0.39, 0.29) is 6.42 Å². The van der Waals surface area contributed by atoms with Gasteiger partial charge in [0.2, 0.25) is 0 Å². The van der Waals surface area contributed by atoms with E-state index in [1.807, 2.05) is 49.4 Å². The van der Waals surface area contributed by atoms with E-state index >= 15 is 0 Å². The summed E-state index contributed by atoms with van der Waals surface area (Å²) in [6, 6.07) is 21.0. The number of para-hydroxylation sites is 1. The number of ether oxygens (including phenoxy) is 1. The average molecular weight is 473 g/mol. The van der Waals surface area contributed by atoms with Gasteiger partial charge in [0.05, 0.1) is 16.5 Å². The van der Waals surface area contributed by atoms with Gasteiger partial charge in [-0.2, -0.15) is 0 Å². The molecule has 1 aromatic heterocycles. The Morgan fingerprint density at radius 2 is 1.85 bits per heavy atom. The molecule has 0 saturated carbocycles. The Balaban J connectivity index is 1.72. The van der Waals surface area contributed by atoms with Crippen molar-refractivity contribution < 1.29 is 14.5 Å². The minimum absolute atomic E-state index is 0.0621. The molecule has 2 heterocycles. The molecule has 1 aliphatic heterocycles. The highest BCUT2D eigenvalue weighted by atomic mass is 35.5. The van der Waals surface area contributed by atoms with Gasteiger partial charge in [0.15, 0.2) is 0 Å². The zero-order valence-electron chi connectivity index (χ0n) is 18.5. The van der Waals surface area contributed by atoms with Crippen LogP contribution in [-0.4, -0.2) is 21.0 Å². The van der Waals surface area contributed by atoms with Gasteiger partial charge in [0.1, 0.15) is 5.75 Å². The molecule has 34 heavy (non-hydrogen) atoms. The zero-order valence-corrected chi connectivity index (χ0v) is 19.2. The van der Waals surface area contributed by atoms with E-state index in [0.29, 0.717) is 29.3 Å². The molecule has 6 nitrogen and oxygen atoms in total. The summed E-state index contributed by atoms with van der Waals surface area (Å²) in [6.45, 7) is 2.63. The Labute approximate surface area is 200 Å². The van der Waals surface area contributed by atoms with Crippen LogP contribution in [0.1, 0.15) is 40.3 Å². The number of benzene rings is 3. The highest BCUT2D eigenvalue weighted by Crippen LogP contribution is 2.55. The van der Waals surface area contributed by atoms with E-state index in [0.717, 1.165) is 33.3 Å². The topological polar surface area (TPSA) is 74.4 Å². The van der Waals surface area contributed by atoms with Gasteiger partial charge in [0, 0.05) is 34.5 Å². The van der Waals surface area contributed by atoms with Gasteiger partial charge >= 0.3 is 11.5 Å². The van der Waals surface area contributed by atoms with Gasteiger partial charge in [-0.05, 0) is 42.2 Å². The summed E-state index contributed by atoms with van der Waals surface area (Å²) in [5.41, 5.74) is 3.63. The number of fused-ring (bicyclic) bond motifs is 7. The third kappa shape index (κ3) is 2.72. The lowest BCUT2D eigenvalue weighted by Crippen LogP contribution is -2.58. The first-order chi connectivity index (χ1) is 16.4. The highest BCUT2D eigenvalue weighted by molar-refractivity contribution is 6.36. The fraction of sp³-hybridized carbons (Fsp3) is 0.222. The number of nitrogens with zero attached hydrogens (tertiary/aromatic N) is 2. The number of nitro groups is 1. The molecule has 2 aliphatic rings. The SMILES string of the molecule is Cc1ccc(Cl)c2c3c(n(Cc4ccccc4)c12)CC[C@@]1([N+](=O)[O-])C(=O)Oc2ccccc2[C@@H]31. The van der Waals surface area contributed by atoms with Crippen molar-refractivity contribution in [1.82, 2.24) is 4.57 Å². The summed E-state index contributed by atoms with van der Waals surface area (Å²) in [7, 11) is 0. The fourth-order valence-electron chi connectivity index (χ4n) is 5.82. The van der Waals surface area contributed by atoms with Crippen LogP contribution in [0.25, 0.3) is 10.9 Å². The number of halogens is 1. The summed E-state index contributed by atoms with van der Waals surface area (Å²) in [5.74, 6) is -1.22. The molecule has 2 atom stereocenters. The quantitative estimate of drug-likeness (QED) is 0.167. The third-order valence-corrected chi connectivity index (χ3v) is 7.62. The van der Waals surface area contributed by atoms with Gasteiger partial charge < -0.3 is 9.30 Å². The van der Waals surface area contributed by atoms with Crippen LogP contribution in [0.2, 0.25) is 5.02 Å². The number of esters is 1. The molecule has 0 bridgehead atoms. The minimum Gasteiger partial charge on any atom is -0.421 e. The molecule has 0 fully saturated rings. The summed E-state index contributed by atoms with van der Waals surface area (Å²) in [6.07, 6.45) is 0.438. The first-order valence-electron chi connectivity index (χ1n) is 11.2. The average Bonchev–Trinajstić information content (AvgIpc) is 3.17. The van der Waals surface area contributed by atoms with E-state index in [1.165, 1.54) is 0 Å². The molecule has 1 aliphatic carbocycles. The molecule has 0 N–H and O–H groups in total. The normalized spacial score (nSPS) is 20.9. The Bertz CT molecular complexity index is 1490. The number of hydrogen-bond acceptors (Lipinski definition) is 4. The number of hydrogen-bond donors (Lipinski definition) is 0. The molecule has 0 saturated heterocycles. The van der Waals surface area contributed by atoms with Gasteiger partial charge in [-0.3, -0.25) is 10.1 Å². The number of rotatable bonds is 3. The van der Waals surface area contributed by atoms with Crippen molar-refractivity contribution in [2.75, 3.05) is 0 Å². The lowest BCUT2D eigenvalue weighted by atomic mass is 9.66. The van der Waals surface area contributed by atoms with Crippen molar-refractivity contribution in [3.8, 4) is 5.75 Å². The Morgan fingerprint density at radius 1 is 1.12 bits per heavy atom. The van der Waals surface area contributed by atoms with Crippen LogP contribution in [0.15, 0.2) is 66.7 Å². The van der Waals surface area contributed by atoms with Crippen molar-refractivity contribution >= 4 is 28.5 Å². The molecular formula is C27H21ClN2O4. The molecule has 3 aromatic carbocycles. The zero-order chi connectivity index (χ0) is 23.6. The maximum atomic E-state index is 13.2. The Hall–Kier alpha value is -3.64. The minimum atomic E-state index is -1.89. The van der Waals surface area contributed by atoms with Crippen LogP contribution in [0.5, 0.6) is 5.75 Å². The molecule has 4 aromatic rings. The predicted octanol–water partition coefficient (Wildman–Crippen LogP) is 5.66. The molecular weight excluding hydrogens is 452 g/mol. The van der Waals surface area contributed by atoms with Crippen molar-refractivity contribution in [3.63, 3.8) is 0 Å². The first kappa shape index (κ1) is 20.9. The Morgan fingerprint density at radius 3 is 2.62 bits per heavy atom. The lowest BCUT2D eigenvalue weighted by Gasteiger charge is -2.39. The number of aromatic nitrogens is 1. The van der Waals surface area contributed by atoms with Crippen LogP contribution in [0, 0.1) is 17.0 Å². The number of aryl methyl sites for hydroxylation is 1. The fourth-order valence-corrected chi connectivity index (χ4v) is 6.07. The molecule has 0 radical (unpaired) electrons. The molecule has 0 amide bonds. The summed E-state index contributed by atoms with van der Waals surface area (Å²) >= 11 is 6.80. The van der Waals surface area contributed by atoms with Gasteiger partial charge in [-0.25, -0.2) is 4.79 Å². The van der Waals surface area contributed by atoms with E-state index in [9.17, 15) is 14.9 Å². The number of carbonyl (C=O) groups is 1. The molecule has 0 unspecified atom stereocenters. The molecule has 7 heteroatoms. The summed E-state index contributed by atoms with van der Waals surface area (Å²) < 4.78 is 7.76. The largest absolute Gasteiger partial charge is 0.421 e. The lowest BCUT2D eigenvalue weighted by molar-refractivity contribution is -0.560. The maximum Gasteiger partial charge on any atom is 0.391 e. The van der Waals surface area contributed by atoms with Gasteiger partial charge in [0.25, 0.3) is 0 Å². The van der Waals surface area contributed by atoms with Crippen molar-refractivity contribution in [2.45, 2.75) is 37.8 Å². The Kier molecular flexibility index (Phi) is 4.58. The predicted molar refractivity (Wildman–Crippen MR) is 129 cm³/mol. The van der Waals surface area contributed by atoms with Crippen LogP contribution in [0.4, 0.5) is 0 Å². The van der Waals surface area contributed by atoms with Crippen molar-refractivity contribution in [3.05, 3.63) is 110 Å². The summed E-state index contributed by atoms with van der Waals surface area (Å²) in [5, 5.41) is 13.9. The van der Waals surface area contributed by atoms with E-state index in [2.05, 4.69) is 16.7 Å². The second-order valence-electron chi connectivity index (χ2n) is 9.06. The van der Waals surface area contributed by atoms with Crippen LogP contribution in [0.3, 0.4) is 0 Å². The standard InChI is InChI=1S/C27H21ClN2O4/c1-16-11-12-19(28)22-23-20(29(25(16)22)15-17-7-3-2-4-8-17)13-14-27(30(32)33)24(23)18-9-5-6-10-21(18)34-26(27)31/h2-12,24H,13-15H2,1H3/t24-,27-/m0/s1. The third-order valence-electron chi connectivity index (χ3n) is 7.31. The van der Waals surface area contributed by atoms with Crippen LogP contribution >= 0.6 is 11.6 Å². The van der Waals surface area contributed by atoms with Gasteiger partial charge in [-0.1, -0.05) is 66.2 Å². The first-order valence-corrected chi connectivity index (χ1v) is 11.6. The second-order valence-corrected chi connectivity index (χ2v) is 9.47. The van der Waals surface area contributed by atoms with Crippen molar-refractivity contribution in [1.29, 1.82) is 0 Å². The van der Waals surface area contributed by atoms with E-state index < -0.39 is 22.3 Å². The number of carbonyl (C=O) groups excluding carboxylic acids is 1. The molecule has 0 spiro atoms. The molecule has 6 rings (SSSR count). The second kappa shape index (κ2) is 7.43. The maximum absolute atomic E-state index is 13.2.